The van der Waals surface area contributed by atoms with E-state index in [0.29, 0.717) is 19.5 Å². The average molecular weight is 508 g/mol. The van der Waals surface area contributed by atoms with Crippen molar-refractivity contribution in [2.24, 2.45) is 0 Å². The monoisotopic (exact) mass is 507 g/mol. The highest BCUT2D eigenvalue weighted by Gasteiger charge is 2.27. The fraction of sp³-hybridized carbons (Fsp3) is 0.240. The third kappa shape index (κ3) is 4.82. The number of nitro groups is 1. The van der Waals surface area contributed by atoms with Gasteiger partial charge < -0.3 is 15.2 Å². The van der Waals surface area contributed by atoms with Gasteiger partial charge in [-0.15, -0.1) is 11.3 Å². The highest BCUT2D eigenvalue weighted by atomic mass is 32.1. The minimum absolute atomic E-state index is 0.0887. The molecule has 11 heteroatoms. The van der Waals surface area contributed by atoms with Crippen LogP contribution in [0.2, 0.25) is 0 Å². The highest BCUT2D eigenvalue weighted by molar-refractivity contribution is 7.10. The number of nitro benzene ring substituents is 1. The Morgan fingerprint density at radius 3 is 2.78 bits per heavy atom. The number of rotatable bonds is 6. The molecule has 4 aromatic rings. The zero-order valence-electron chi connectivity index (χ0n) is 19.1. The van der Waals surface area contributed by atoms with Crippen LogP contribution < -0.4 is 5.32 Å². The molecule has 1 saturated heterocycles. The van der Waals surface area contributed by atoms with Crippen molar-refractivity contribution >= 4 is 45.4 Å². The molecule has 2 aromatic heterocycles. The van der Waals surface area contributed by atoms with Crippen molar-refractivity contribution < 1.29 is 18.9 Å². The number of hydrogen-bond donors (Lipinski definition) is 2. The molecular formula is C25H22FN5O4S. The van der Waals surface area contributed by atoms with E-state index in [1.165, 1.54) is 17.4 Å². The van der Waals surface area contributed by atoms with Gasteiger partial charge in [0.1, 0.15) is 5.69 Å². The van der Waals surface area contributed by atoms with Crippen molar-refractivity contribution in [1.29, 1.82) is 0 Å². The van der Waals surface area contributed by atoms with Gasteiger partial charge >= 0.3 is 5.69 Å². The molecule has 0 aliphatic carbocycles. The Morgan fingerprint density at radius 2 is 2.00 bits per heavy atom. The fourth-order valence-electron chi connectivity index (χ4n) is 4.43. The van der Waals surface area contributed by atoms with Gasteiger partial charge in [-0.25, -0.2) is 4.98 Å². The summed E-state index contributed by atoms with van der Waals surface area (Å²) in [5, 5.41) is 17.0. The van der Waals surface area contributed by atoms with E-state index in [4.69, 9.17) is 0 Å². The number of H-pyrrole nitrogens is 1. The lowest BCUT2D eigenvalue weighted by molar-refractivity contribution is -0.387. The summed E-state index contributed by atoms with van der Waals surface area (Å²) in [6, 6.07) is 11.1. The number of hydrogen-bond acceptors (Lipinski definition) is 6. The second-order valence-electron chi connectivity index (χ2n) is 8.64. The number of piperidine rings is 1. The molecule has 3 heterocycles. The molecule has 1 aliphatic heterocycles. The number of benzene rings is 2. The van der Waals surface area contributed by atoms with Crippen LogP contribution in [0.5, 0.6) is 0 Å². The van der Waals surface area contributed by atoms with E-state index >= 15 is 0 Å². The Morgan fingerprint density at radius 1 is 1.22 bits per heavy atom. The summed E-state index contributed by atoms with van der Waals surface area (Å²) in [4.78, 5) is 45.1. The molecule has 0 radical (unpaired) electrons. The lowest BCUT2D eigenvalue weighted by Gasteiger charge is -2.31. The van der Waals surface area contributed by atoms with Gasteiger partial charge in [-0.1, -0.05) is 18.2 Å². The van der Waals surface area contributed by atoms with Crippen molar-refractivity contribution in [2.45, 2.75) is 25.2 Å². The summed E-state index contributed by atoms with van der Waals surface area (Å²) in [6.45, 7) is 1.23. The number of carbonyl (C=O) groups excluding carboxylic acids is 2. The summed E-state index contributed by atoms with van der Waals surface area (Å²) in [5.74, 6) is -1.27. The fourth-order valence-corrected chi connectivity index (χ4v) is 5.40. The molecule has 184 valence electrons. The number of halogens is 1. The smallest absolute Gasteiger partial charge is 0.306 e. The average Bonchev–Trinajstić information content (AvgIpc) is 3.53. The van der Waals surface area contributed by atoms with Crippen molar-refractivity contribution in [3.05, 3.63) is 86.2 Å². The SMILES string of the molecule is O=C(Nc1ccc(F)c([N+](=O)[O-])c1)c1csc(C2CCN(C(=O)Cc3c[nH]c4ccccc34)CC2)n1. The number of aromatic nitrogens is 2. The van der Waals surface area contributed by atoms with Crippen LogP contribution in [0.15, 0.2) is 54.0 Å². The molecule has 2 amide bonds. The van der Waals surface area contributed by atoms with Gasteiger partial charge in [0.05, 0.1) is 16.4 Å². The predicted molar refractivity (Wildman–Crippen MR) is 134 cm³/mol. The first-order chi connectivity index (χ1) is 17.4. The van der Waals surface area contributed by atoms with Crippen molar-refractivity contribution in [2.75, 3.05) is 18.4 Å². The van der Waals surface area contributed by atoms with E-state index < -0.39 is 22.3 Å². The normalized spacial score (nSPS) is 14.2. The number of thiazole rings is 1. The molecule has 0 bridgehead atoms. The third-order valence-corrected chi connectivity index (χ3v) is 7.38. The standard InChI is InChI=1S/C25H22FN5O4S/c26-19-6-5-17(12-22(19)31(34)35)28-24(33)21-14-36-25(29-21)15-7-9-30(10-8-15)23(32)11-16-13-27-20-4-2-1-3-18(16)20/h1-6,12-15,27H,7-11H2,(H,28,33). The Hall–Kier alpha value is -4.12. The first-order valence-corrected chi connectivity index (χ1v) is 12.3. The second-order valence-corrected chi connectivity index (χ2v) is 9.53. The molecule has 0 saturated carbocycles. The van der Waals surface area contributed by atoms with Crippen LogP contribution in [-0.2, 0) is 11.2 Å². The number of likely N-dealkylation sites (tertiary alicyclic amines) is 1. The van der Waals surface area contributed by atoms with Crippen LogP contribution in [0.4, 0.5) is 15.8 Å². The quantitative estimate of drug-likeness (QED) is 0.285. The molecule has 36 heavy (non-hydrogen) atoms. The summed E-state index contributed by atoms with van der Waals surface area (Å²) in [7, 11) is 0. The Bertz CT molecular complexity index is 1460. The molecule has 1 aliphatic rings. The van der Waals surface area contributed by atoms with Crippen molar-refractivity contribution in [1.82, 2.24) is 14.9 Å². The lowest BCUT2D eigenvalue weighted by atomic mass is 9.97. The van der Waals surface area contributed by atoms with Gasteiger partial charge in [-0.05, 0) is 36.6 Å². The Balaban J connectivity index is 1.17. The predicted octanol–water partition coefficient (Wildman–Crippen LogP) is 4.87. The summed E-state index contributed by atoms with van der Waals surface area (Å²) < 4.78 is 13.5. The molecule has 2 N–H and O–H groups in total. The molecule has 2 aromatic carbocycles. The number of carbonyl (C=O) groups is 2. The van der Waals surface area contributed by atoms with Crippen molar-refractivity contribution in [3.8, 4) is 0 Å². The minimum Gasteiger partial charge on any atom is -0.361 e. The zero-order valence-corrected chi connectivity index (χ0v) is 19.9. The first-order valence-electron chi connectivity index (χ1n) is 11.4. The number of amides is 2. The number of nitrogens with one attached hydrogen (secondary N) is 2. The number of aromatic amines is 1. The Labute approximate surface area is 209 Å². The minimum atomic E-state index is -0.972. The van der Waals surface area contributed by atoms with Gasteiger partial charge in [0, 0.05) is 53.2 Å². The van der Waals surface area contributed by atoms with Crippen LogP contribution in [0, 0.1) is 15.9 Å². The van der Waals surface area contributed by atoms with Gasteiger partial charge in [-0.3, -0.25) is 19.7 Å². The zero-order chi connectivity index (χ0) is 25.2. The van der Waals surface area contributed by atoms with E-state index in [-0.39, 0.29) is 23.2 Å². The van der Waals surface area contributed by atoms with Gasteiger partial charge in [-0.2, -0.15) is 4.39 Å². The summed E-state index contributed by atoms with van der Waals surface area (Å²) in [6.07, 6.45) is 3.73. The van der Waals surface area contributed by atoms with Crippen LogP contribution in [-0.4, -0.2) is 44.7 Å². The van der Waals surface area contributed by atoms with E-state index in [2.05, 4.69) is 15.3 Å². The van der Waals surface area contributed by atoms with Crippen LogP contribution in [0.1, 0.15) is 39.8 Å². The highest BCUT2D eigenvalue weighted by Crippen LogP contribution is 2.31. The van der Waals surface area contributed by atoms with Gasteiger partial charge in [0.25, 0.3) is 5.91 Å². The van der Waals surface area contributed by atoms with Crippen LogP contribution in [0.3, 0.4) is 0 Å². The summed E-state index contributed by atoms with van der Waals surface area (Å²) >= 11 is 1.37. The molecular weight excluding hydrogens is 485 g/mol. The maximum absolute atomic E-state index is 13.5. The van der Waals surface area contributed by atoms with E-state index in [1.807, 2.05) is 35.4 Å². The van der Waals surface area contributed by atoms with E-state index in [0.717, 1.165) is 46.4 Å². The molecule has 0 atom stereocenters. The largest absolute Gasteiger partial charge is 0.361 e. The maximum atomic E-state index is 13.5. The van der Waals surface area contributed by atoms with Crippen LogP contribution in [0.25, 0.3) is 10.9 Å². The second kappa shape index (κ2) is 9.86. The molecule has 0 spiro atoms. The molecule has 0 unspecified atom stereocenters. The summed E-state index contributed by atoms with van der Waals surface area (Å²) in [5.41, 5.74) is 1.60. The first kappa shape index (κ1) is 23.6. The van der Waals surface area contributed by atoms with Gasteiger partial charge in [0.2, 0.25) is 11.7 Å². The number of nitrogens with zero attached hydrogens (tertiary/aromatic N) is 3. The lowest BCUT2D eigenvalue weighted by Crippen LogP contribution is -2.38. The third-order valence-electron chi connectivity index (χ3n) is 6.37. The molecule has 5 rings (SSSR count). The van der Waals surface area contributed by atoms with Gasteiger partial charge in [0.15, 0.2) is 0 Å². The topological polar surface area (TPSA) is 121 Å². The number of fused-ring (bicyclic) bond motifs is 1. The maximum Gasteiger partial charge on any atom is 0.306 e. The number of para-hydroxylation sites is 1. The number of anilines is 1. The van der Waals surface area contributed by atoms with Crippen molar-refractivity contribution in [3.63, 3.8) is 0 Å². The molecule has 1 fully saturated rings. The van der Waals surface area contributed by atoms with E-state index in [9.17, 15) is 24.1 Å². The molecule has 9 nitrogen and oxygen atoms in total. The van der Waals surface area contributed by atoms with Crippen LogP contribution >= 0.6 is 11.3 Å². The van der Waals surface area contributed by atoms with E-state index in [1.54, 1.807) is 5.38 Å². The Kier molecular flexibility index (Phi) is 6.47.